The lowest BCUT2D eigenvalue weighted by atomic mass is 10.0. The van der Waals surface area contributed by atoms with E-state index in [1.54, 1.807) is 6.08 Å². The highest BCUT2D eigenvalue weighted by atomic mass is 16.5. The van der Waals surface area contributed by atoms with Crippen LogP contribution in [-0.4, -0.2) is 47.4 Å². The van der Waals surface area contributed by atoms with E-state index < -0.39 is 12.1 Å². The lowest BCUT2D eigenvalue weighted by Gasteiger charge is -2.20. The maximum atomic E-state index is 12.4. The normalized spacial score (nSPS) is 12.8. The number of hydrogen-bond acceptors (Lipinski definition) is 5. The fraction of sp³-hybridized carbons (Fsp3) is 0.873. The molecular formula is C63H119NO5. The van der Waals surface area contributed by atoms with Gasteiger partial charge >= 0.3 is 5.97 Å². The minimum absolute atomic E-state index is 0.0311. The Hall–Kier alpha value is -1.92. The number of esters is 1. The van der Waals surface area contributed by atoms with E-state index >= 15 is 0 Å². The van der Waals surface area contributed by atoms with Gasteiger partial charge in [0.2, 0.25) is 5.91 Å². The van der Waals surface area contributed by atoms with Crippen LogP contribution in [0, 0.1) is 0 Å². The van der Waals surface area contributed by atoms with Crippen LogP contribution in [0.4, 0.5) is 0 Å². The number of unbranched alkanes of at least 4 members (excludes halogenated alkanes) is 42. The maximum Gasteiger partial charge on any atom is 0.305 e. The minimum Gasteiger partial charge on any atom is -0.465 e. The summed E-state index contributed by atoms with van der Waals surface area (Å²) >= 11 is 0. The summed E-state index contributed by atoms with van der Waals surface area (Å²) < 4.78 is 5.44. The molecule has 0 radical (unpaired) electrons. The summed E-state index contributed by atoms with van der Waals surface area (Å²) in [5.41, 5.74) is 0. The fourth-order valence-corrected chi connectivity index (χ4v) is 9.47. The Kier molecular flexibility index (Phi) is 57.0. The van der Waals surface area contributed by atoms with E-state index in [1.807, 2.05) is 6.08 Å². The number of carbonyl (C=O) groups is 2. The molecule has 2 unspecified atom stereocenters. The van der Waals surface area contributed by atoms with Gasteiger partial charge in [-0.05, 0) is 51.4 Å². The van der Waals surface area contributed by atoms with Crippen molar-refractivity contribution in [3.8, 4) is 0 Å². The molecule has 6 heteroatoms. The predicted molar refractivity (Wildman–Crippen MR) is 301 cm³/mol. The van der Waals surface area contributed by atoms with Crippen molar-refractivity contribution in [2.75, 3.05) is 13.2 Å². The molecule has 0 aromatic carbocycles. The van der Waals surface area contributed by atoms with Crippen LogP contribution < -0.4 is 5.32 Å². The van der Waals surface area contributed by atoms with E-state index in [2.05, 4.69) is 43.5 Å². The molecule has 0 aromatic rings. The predicted octanol–water partition coefficient (Wildman–Crippen LogP) is 19.2. The molecule has 0 spiro atoms. The first-order valence-electron chi connectivity index (χ1n) is 30.8. The standard InChI is InChI=1S/C63H119NO5/c1-3-5-7-9-11-13-15-17-18-19-23-27-30-33-37-41-45-49-53-57-63(68)69-58-54-50-46-42-38-34-31-28-25-22-20-21-24-26-29-32-36-40-44-48-52-56-62(67)64-60(59-65)61(66)55-51-47-43-39-35-16-14-12-10-8-6-4-2/h34,38,46,50-51,55,60-61,65-66H,3-33,35-37,39-45,47-49,52-54,56-59H2,1-2H3,(H,64,67)/b38-34-,50-46-,55-51+. The summed E-state index contributed by atoms with van der Waals surface area (Å²) in [6.45, 7) is 4.80. The van der Waals surface area contributed by atoms with Gasteiger partial charge < -0.3 is 20.3 Å². The van der Waals surface area contributed by atoms with Crippen LogP contribution in [-0.2, 0) is 14.3 Å². The molecule has 1 amide bonds. The van der Waals surface area contributed by atoms with E-state index in [0.717, 1.165) is 51.4 Å². The molecule has 0 bridgehead atoms. The van der Waals surface area contributed by atoms with E-state index in [0.29, 0.717) is 19.4 Å². The molecule has 0 aliphatic heterocycles. The zero-order valence-electron chi connectivity index (χ0n) is 46.3. The lowest BCUT2D eigenvalue weighted by Crippen LogP contribution is -2.45. The molecule has 6 nitrogen and oxygen atoms in total. The Balaban J connectivity index is 3.44. The van der Waals surface area contributed by atoms with Gasteiger partial charge in [-0.15, -0.1) is 0 Å². The van der Waals surface area contributed by atoms with Gasteiger partial charge in [0.1, 0.15) is 0 Å². The molecule has 0 rings (SSSR count). The quantitative estimate of drug-likeness (QED) is 0.0321. The van der Waals surface area contributed by atoms with Crippen LogP contribution in [0.15, 0.2) is 36.5 Å². The van der Waals surface area contributed by atoms with Crippen LogP contribution >= 0.6 is 0 Å². The Morgan fingerprint density at radius 3 is 1.10 bits per heavy atom. The molecule has 0 aliphatic rings. The number of aliphatic hydroxyl groups is 2. The number of aliphatic hydroxyl groups excluding tert-OH is 2. The summed E-state index contributed by atoms with van der Waals surface area (Å²) in [6.07, 6.45) is 73.5. The van der Waals surface area contributed by atoms with Gasteiger partial charge in [0, 0.05) is 12.8 Å². The van der Waals surface area contributed by atoms with Crippen molar-refractivity contribution in [1.82, 2.24) is 5.32 Å². The number of allylic oxidation sites excluding steroid dienone is 4. The Labute approximate surface area is 430 Å². The molecular weight excluding hydrogens is 851 g/mol. The van der Waals surface area contributed by atoms with Crippen LogP contribution in [0.25, 0.3) is 0 Å². The molecule has 406 valence electrons. The third-order valence-electron chi connectivity index (χ3n) is 14.2. The summed E-state index contributed by atoms with van der Waals surface area (Å²) in [5, 5.41) is 23.0. The van der Waals surface area contributed by atoms with Gasteiger partial charge in [-0.1, -0.05) is 301 Å². The van der Waals surface area contributed by atoms with Gasteiger partial charge in [-0.2, -0.15) is 0 Å². The largest absolute Gasteiger partial charge is 0.465 e. The number of ether oxygens (including phenoxy) is 1. The van der Waals surface area contributed by atoms with Crippen molar-refractivity contribution in [2.45, 2.75) is 341 Å². The second-order valence-corrected chi connectivity index (χ2v) is 21.0. The summed E-state index contributed by atoms with van der Waals surface area (Å²) in [7, 11) is 0. The molecule has 0 heterocycles. The summed E-state index contributed by atoms with van der Waals surface area (Å²) in [6, 6.07) is -0.631. The van der Waals surface area contributed by atoms with E-state index in [-0.39, 0.29) is 18.5 Å². The molecule has 0 saturated carbocycles. The Morgan fingerprint density at radius 2 is 0.725 bits per heavy atom. The second kappa shape index (κ2) is 58.6. The van der Waals surface area contributed by atoms with Crippen LogP contribution in [0.3, 0.4) is 0 Å². The highest BCUT2D eigenvalue weighted by Crippen LogP contribution is 2.17. The number of nitrogens with one attached hydrogen (secondary N) is 1. The molecule has 0 aliphatic carbocycles. The average Bonchev–Trinajstić information content (AvgIpc) is 3.35. The summed E-state index contributed by atoms with van der Waals surface area (Å²) in [5.74, 6) is -0.104. The van der Waals surface area contributed by atoms with Crippen LogP contribution in [0.1, 0.15) is 328 Å². The molecule has 0 saturated heterocycles. The first-order valence-corrected chi connectivity index (χ1v) is 30.8. The molecule has 3 N–H and O–H groups in total. The lowest BCUT2D eigenvalue weighted by molar-refractivity contribution is -0.143. The van der Waals surface area contributed by atoms with Gasteiger partial charge in [0.15, 0.2) is 0 Å². The summed E-state index contributed by atoms with van der Waals surface area (Å²) in [4.78, 5) is 24.5. The monoisotopic (exact) mass is 970 g/mol. The number of hydrogen-bond donors (Lipinski definition) is 3. The van der Waals surface area contributed by atoms with Crippen molar-refractivity contribution in [3.63, 3.8) is 0 Å². The van der Waals surface area contributed by atoms with E-state index in [9.17, 15) is 19.8 Å². The van der Waals surface area contributed by atoms with Crippen LogP contribution in [0.2, 0.25) is 0 Å². The zero-order valence-corrected chi connectivity index (χ0v) is 46.3. The maximum absolute atomic E-state index is 12.4. The van der Waals surface area contributed by atoms with Crippen molar-refractivity contribution in [3.05, 3.63) is 36.5 Å². The molecule has 2 atom stereocenters. The molecule has 69 heavy (non-hydrogen) atoms. The van der Waals surface area contributed by atoms with Crippen molar-refractivity contribution in [2.24, 2.45) is 0 Å². The van der Waals surface area contributed by atoms with Gasteiger partial charge in [-0.3, -0.25) is 9.59 Å². The van der Waals surface area contributed by atoms with Gasteiger partial charge in [0.25, 0.3) is 0 Å². The molecule has 0 fully saturated rings. The topological polar surface area (TPSA) is 95.9 Å². The van der Waals surface area contributed by atoms with Crippen LogP contribution in [0.5, 0.6) is 0 Å². The van der Waals surface area contributed by atoms with Crippen molar-refractivity contribution in [1.29, 1.82) is 0 Å². The minimum atomic E-state index is -0.847. The van der Waals surface area contributed by atoms with Crippen molar-refractivity contribution >= 4 is 11.9 Å². The highest BCUT2D eigenvalue weighted by molar-refractivity contribution is 5.76. The SMILES string of the molecule is CCCCCCCCCCCC/C=C/C(O)C(CO)NC(=O)CCCCCCCCCCCCCCCC/C=C\C/C=C\CCOC(=O)CCCCCCCCCCCCCCCCCCCCC. The first-order chi connectivity index (χ1) is 34.0. The smallest absolute Gasteiger partial charge is 0.305 e. The van der Waals surface area contributed by atoms with Gasteiger partial charge in [-0.25, -0.2) is 0 Å². The third kappa shape index (κ3) is 55.2. The number of amides is 1. The second-order valence-electron chi connectivity index (χ2n) is 21.0. The zero-order chi connectivity index (χ0) is 50.0. The van der Waals surface area contributed by atoms with Gasteiger partial charge in [0.05, 0.1) is 25.4 Å². The molecule has 0 aromatic heterocycles. The number of rotatable bonds is 57. The highest BCUT2D eigenvalue weighted by Gasteiger charge is 2.18. The Bertz CT molecular complexity index is 1120. The average molecular weight is 971 g/mol. The number of carbonyl (C=O) groups excluding carboxylic acids is 2. The third-order valence-corrected chi connectivity index (χ3v) is 14.2. The van der Waals surface area contributed by atoms with Crippen molar-refractivity contribution < 1.29 is 24.5 Å². The Morgan fingerprint density at radius 1 is 0.406 bits per heavy atom. The fourth-order valence-electron chi connectivity index (χ4n) is 9.47. The first kappa shape index (κ1) is 67.1. The van der Waals surface area contributed by atoms with E-state index in [4.69, 9.17) is 4.74 Å². The van der Waals surface area contributed by atoms with E-state index in [1.165, 1.54) is 250 Å².